The molecule has 2 aromatic rings. The number of pyridine rings is 1. The van der Waals surface area contributed by atoms with Crippen molar-refractivity contribution in [3.63, 3.8) is 0 Å². The van der Waals surface area contributed by atoms with E-state index >= 15 is 0 Å². The molecule has 0 amide bonds. The van der Waals surface area contributed by atoms with E-state index in [4.69, 9.17) is 15.0 Å². The lowest BCUT2D eigenvalue weighted by molar-refractivity contribution is 0.118. The maximum Gasteiger partial charge on any atom is 0.153 e. The Morgan fingerprint density at radius 1 is 1.39 bits per heavy atom. The van der Waals surface area contributed by atoms with Crippen molar-refractivity contribution in [3.05, 3.63) is 35.7 Å². The predicted octanol–water partition coefficient (Wildman–Crippen LogP) is 1.92. The van der Waals surface area contributed by atoms with Crippen molar-refractivity contribution in [3.8, 4) is 6.07 Å². The molecule has 1 aliphatic carbocycles. The van der Waals surface area contributed by atoms with Crippen LogP contribution in [-0.4, -0.2) is 39.9 Å². The summed E-state index contributed by atoms with van der Waals surface area (Å²) in [5.74, 6) is 2.35. The number of aromatic nitrogens is 4. The number of nitrogens with one attached hydrogen (secondary N) is 1. The zero-order chi connectivity index (χ0) is 15.8. The third kappa shape index (κ3) is 2.66. The van der Waals surface area contributed by atoms with Crippen molar-refractivity contribution in [2.75, 3.05) is 18.6 Å². The number of aromatic amines is 1. The van der Waals surface area contributed by atoms with E-state index in [-0.39, 0.29) is 12.1 Å². The summed E-state index contributed by atoms with van der Waals surface area (Å²) in [6.45, 7) is 0.772. The second-order valence-corrected chi connectivity index (χ2v) is 6.13. The first-order valence-corrected chi connectivity index (χ1v) is 7.86. The number of nitrogens with zero attached hydrogens (tertiary/aromatic N) is 5. The fourth-order valence-corrected chi connectivity index (χ4v) is 3.10. The lowest BCUT2D eigenvalue weighted by Gasteiger charge is -2.24. The highest BCUT2D eigenvalue weighted by Crippen LogP contribution is 2.40. The third-order valence-electron chi connectivity index (χ3n) is 4.57. The molecule has 2 aliphatic rings. The zero-order valence-electron chi connectivity index (χ0n) is 12.9. The van der Waals surface area contributed by atoms with Crippen molar-refractivity contribution < 1.29 is 4.74 Å². The van der Waals surface area contributed by atoms with Gasteiger partial charge in [0, 0.05) is 26.0 Å². The molecule has 0 spiro atoms. The Morgan fingerprint density at radius 3 is 2.91 bits per heavy atom. The second kappa shape index (κ2) is 5.63. The van der Waals surface area contributed by atoms with Crippen LogP contribution in [0.5, 0.6) is 0 Å². The minimum absolute atomic E-state index is 0.0923. The molecule has 0 radical (unpaired) electrons. The Balaban J connectivity index is 1.62. The smallest absolute Gasteiger partial charge is 0.153 e. The lowest BCUT2D eigenvalue weighted by atomic mass is 10.2. The van der Waals surface area contributed by atoms with Gasteiger partial charge in [-0.1, -0.05) is 0 Å². The van der Waals surface area contributed by atoms with Gasteiger partial charge in [-0.15, -0.1) is 0 Å². The van der Waals surface area contributed by atoms with E-state index in [0.717, 1.165) is 30.3 Å². The number of ether oxygens (including phenoxy) is 1. The highest BCUT2D eigenvalue weighted by molar-refractivity contribution is 5.49. The summed E-state index contributed by atoms with van der Waals surface area (Å²) in [6, 6.07) is 5.80. The molecule has 7 nitrogen and oxygen atoms in total. The van der Waals surface area contributed by atoms with Crippen molar-refractivity contribution in [2.24, 2.45) is 0 Å². The van der Waals surface area contributed by atoms with Crippen molar-refractivity contribution >= 4 is 5.69 Å². The number of hydrogen-bond donors (Lipinski definition) is 1. The average Bonchev–Trinajstić information content (AvgIpc) is 3.17. The first kappa shape index (κ1) is 14.2. The van der Waals surface area contributed by atoms with E-state index in [2.05, 4.69) is 20.1 Å². The predicted molar refractivity (Wildman–Crippen MR) is 82.8 cm³/mol. The van der Waals surface area contributed by atoms with Crippen LogP contribution in [0, 0.1) is 11.3 Å². The minimum atomic E-state index is 0.0923. The van der Waals surface area contributed by atoms with Gasteiger partial charge in [0.15, 0.2) is 5.82 Å². The highest BCUT2D eigenvalue weighted by atomic mass is 16.5. The third-order valence-corrected chi connectivity index (χ3v) is 4.57. The molecule has 7 heteroatoms. The molecular weight excluding hydrogens is 292 g/mol. The number of hydrogen-bond acceptors (Lipinski definition) is 6. The summed E-state index contributed by atoms with van der Waals surface area (Å²) < 4.78 is 5.55. The normalized spacial score (nSPS) is 23.9. The van der Waals surface area contributed by atoms with E-state index in [9.17, 15) is 0 Å². The van der Waals surface area contributed by atoms with Crippen LogP contribution in [0.4, 0.5) is 5.69 Å². The van der Waals surface area contributed by atoms with E-state index in [1.54, 1.807) is 19.4 Å². The fourth-order valence-electron chi connectivity index (χ4n) is 3.10. The molecule has 0 bridgehead atoms. The molecule has 1 aliphatic heterocycles. The highest BCUT2D eigenvalue weighted by Gasteiger charge is 2.37. The van der Waals surface area contributed by atoms with Crippen LogP contribution < -0.4 is 4.90 Å². The van der Waals surface area contributed by atoms with Gasteiger partial charge in [0.2, 0.25) is 0 Å². The average molecular weight is 310 g/mol. The zero-order valence-corrected chi connectivity index (χ0v) is 12.9. The lowest BCUT2D eigenvalue weighted by Crippen LogP contribution is -2.25. The molecule has 1 N–H and O–H groups in total. The first-order valence-electron chi connectivity index (χ1n) is 7.86. The molecule has 4 rings (SSSR count). The number of anilines is 1. The number of methoxy groups -OCH3 is 1. The molecule has 0 unspecified atom stereocenters. The van der Waals surface area contributed by atoms with Gasteiger partial charge in [-0.2, -0.15) is 10.4 Å². The maximum atomic E-state index is 8.90. The van der Waals surface area contributed by atoms with Crippen LogP contribution in [0.3, 0.4) is 0 Å². The fraction of sp³-hybridized carbons (Fsp3) is 0.500. The Kier molecular flexibility index (Phi) is 3.46. The molecule has 23 heavy (non-hydrogen) atoms. The molecule has 3 heterocycles. The van der Waals surface area contributed by atoms with Gasteiger partial charge in [-0.3, -0.25) is 5.10 Å². The second-order valence-electron chi connectivity index (χ2n) is 6.13. The Labute approximate surface area is 134 Å². The van der Waals surface area contributed by atoms with Crippen LogP contribution in [0.2, 0.25) is 0 Å². The van der Waals surface area contributed by atoms with Crippen LogP contribution in [0.15, 0.2) is 18.3 Å². The van der Waals surface area contributed by atoms with Gasteiger partial charge >= 0.3 is 0 Å². The maximum absolute atomic E-state index is 8.90. The molecular formula is C16H18N6O. The van der Waals surface area contributed by atoms with Gasteiger partial charge in [0.1, 0.15) is 17.6 Å². The molecule has 2 aromatic heterocycles. The van der Waals surface area contributed by atoms with Gasteiger partial charge in [-0.25, -0.2) is 9.97 Å². The van der Waals surface area contributed by atoms with E-state index in [1.165, 1.54) is 12.8 Å². The Hall–Kier alpha value is -2.46. The quantitative estimate of drug-likeness (QED) is 0.927. The molecule has 0 aromatic carbocycles. The summed E-state index contributed by atoms with van der Waals surface area (Å²) in [5, 5.41) is 16.4. The van der Waals surface area contributed by atoms with Gasteiger partial charge in [0.05, 0.1) is 24.0 Å². The number of nitriles is 1. The SMILES string of the molecule is CO[C@@H]1C[C@@H](c2nc(C3CC3)n[nH]2)N(c2ccc(C#N)nc2)C1. The monoisotopic (exact) mass is 310 g/mol. The molecule has 2 atom stereocenters. The van der Waals surface area contributed by atoms with Gasteiger partial charge in [-0.05, 0) is 25.0 Å². The first-order chi connectivity index (χ1) is 11.3. The van der Waals surface area contributed by atoms with Crippen LogP contribution in [0.1, 0.15) is 48.6 Å². The van der Waals surface area contributed by atoms with Crippen molar-refractivity contribution in [1.82, 2.24) is 20.2 Å². The number of rotatable bonds is 4. The van der Waals surface area contributed by atoms with E-state index in [1.807, 2.05) is 12.1 Å². The standard InChI is InChI=1S/C16H18N6O/c1-23-13-6-14(16-19-15(20-21-16)10-2-3-10)22(9-13)12-5-4-11(7-17)18-8-12/h4-5,8,10,13-14H,2-3,6,9H2,1H3,(H,19,20,21)/t13-,14+/m1/s1. The van der Waals surface area contributed by atoms with Crippen LogP contribution >= 0.6 is 0 Å². The van der Waals surface area contributed by atoms with Crippen molar-refractivity contribution in [1.29, 1.82) is 5.26 Å². The largest absolute Gasteiger partial charge is 0.380 e. The molecule has 1 saturated heterocycles. The molecule has 2 fully saturated rings. The summed E-state index contributed by atoms with van der Waals surface area (Å²) in [7, 11) is 1.73. The molecule has 1 saturated carbocycles. The van der Waals surface area contributed by atoms with E-state index in [0.29, 0.717) is 11.6 Å². The summed E-state index contributed by atoms with van der Waals surface area (Å²) in [5.41, 5.74) is 1.39. The topological polar surface area (TPSA) is 90.7 Å². The summed E-state index contributed by atoms with van der Waals surface area (Å²) >= 11 is 0. The summed E-state index contributed by atoms with van der Waals surface area (Å²) in [6.07, 6.45) is 5.11. The molecule has 118 valence electrons. The Morgan fingerprint density at radius 2 is 2.26 bits per heavy atom. The van der Waals surface area contributed by atoms with Crippen molar-refractivity contribution in [2.45, 2.75) is 37.3 Å². The Bertz CT molecular complexity index is 730. The minimum Gasteiger partial charge on any atom is -0.380 e. The van der Waals surface area contributed by atoms with Crippen LogP contribution in [-0.2, 0) is 4.74 Å². The number of H-pyrrole nitrogens is 1. The summed E-state index contributed by atoms with van der Waals surface area (Å²) in [4.78, 5) is 11.1. The van der Waals surface area contributed by atoms with E-state index < -0.39 is 0 Å². The van der Waals surface area contributed by atoms with Gasteiger partial charge < -0.3 is 9.64 Å². The van der Waals surface area contributed by atoms with Crippen LogP contribution in [0.25, 0.3) is 0 Å². The van der Waals surface area contributed by atoms with Gasteiger partial charge in [0.25, 0.3) is 0 Å².